The van der Waals surface area contributed by atoms with Crippen LogP contribution in [0.25, 0.3) is 11.3 Å². The largest absolute Gasteiger partial charge is 0.496 e. The molecule has 0 saturated carbocycles. The minimum Gasteiger partial charge on any atom is -0.496 e. The van der Waals surface area contributed by atoms with Crippen LogP contribution < -0.4 is 10.1 Å². The summed E-state index contributed by atoms with van der Waals surface area (Å²) in [5, 5.41) is 15.7. The standard InChI is InChI=1S/C19H17N3O4S2/c1-12-3-5-13(6-4-12)16-10-27-19(21-16)28-11-18(23)20-15-8-7-14(26-2)9-17(15)22(24)25/h3-10H,11H2,1-2H3,(H,20,23). The van der Waals surface area contributed by atoms with Gasteiger partial charge in [0, 0.05) is 10.9 Å². The van der Waals surface area contributed by atoms with Crippen LogP contribution >= 0.6 is 23.1 Å². The van der Waals surface area contributed by atoms with Crippen molar-refractivity contribution in [1.82, 2.24) is 4.98 Å². The zero-order valence-electron chi connectivity index (χ0n) is 15.2. The summed E-state index contributed by atoms with van der Waals surface area (Å²) >= 11 is 2.75. The fraction of sp³-hybridized carbons (Fsp3) is 0.158. The number of nitro benzene ring substituents is 1. The molecule has 1 amide bonds. The number of nitro groups is 1. The monoisotopic (exact) mass is 415 g/mol. The average molecular weight is 415 g/mol. The molecule has 0 spiro atoms. The van der Waals surface area contributed by atoms with Gasteiger partial charge in [0.2, 0.25) is 5.91 Å². The Morgan fingerprint density at radius 1 is 1.29 bits per heavy atom. The van der Waals surface area contributed by atoms with Crippen molar-refractivity contribution in [3.05, 3.63) is 63.5 Å². The first-order chi connectivity index (χ1) is 13.5. The molecule has 1 N–H and O–H groups in total. The average Bonchev–Trinajstić information content (AvgIpc) is 3.16. The van der Waals surface area contributed by atoms with E-state index in [0.717, 1.165) is 15.6 Å². The molecule has 0 fully saturated rings. The number of ether oxygens (including phenoxy) is 1. The molecule has 7 nitrogen and oxygen atoms in total. The Balaban J connectivity index is 1.62. The smallest absolute Gasteiger partial charge is 0.296 e. The number of anilines is 1. The number of hydrogen-bond acceptors (Lipinski definition) is 7. The second-order valence-corrected chi connectivity index (χ2v) is 7.92. The van der Waals surface area contributed by atoms with Gasteiger partial charge in [-0.15, -0.1) is 11.3 Å². The van der Waals surface area contributed by atoms with E-state index in [1.54, 1.807) is 6.07 Å². The quantitative estimate of drug-likeness (QED) is 0.339. The highest BCUT2D eigenvalue weighted by molar-refractivity contribution is 8.01. The van der Waals surface area contributed by atoms with Gasteiger partial charge in [0.1, 0.15) is 11.4 Å². The normalized spacial score (nSPS) is 10.5. The maximum absolute atomic E-state index is 12.2. The highest BCUT2D eigenvalue weighted by Crippen LogP contribution is 2.31. The van der Waals surface area contributed by atoms with E-state index in [2.05, 4.69) is 10.3 Å². The number of aryl methyl sites for hydroxylation is 1. The van der Waals surface area contributed by atoms with E-state index < -0.39 is 4.92 Å². The van der Waals surface area contributed by atoms with Crippen LogP contribution in [0.15, 0.2) is 52.2 Å². The number of nitrogens with zero attached hydrogens (tertiary/aromatic N) is 2. The van der Waals surface area contributed by atoms with Gasteiger partial charge < -0.3 is 10.1 Å². The van der Waals surface area contributed by atoms with Gasteiger partial charge in [0.05, 0.1) is 29.5 Å². The van der Waals surface area contributed by atoms with Crippen molar-refractivity contribution in [2.45, 2.75) is 11.3 Å². The van der Waals surface area contributed by atoms with Crippen molar-refractivity contribution in [3.63, 3.8) is 0 Å². The SMILES string of the molecule is COc1ccc(NC(=O)CSc2nc(-c3ccc(C)cc3)cs2)c([N+](=O)[O-])c1. The van der Waals surface area contributed by atoms with Crippen LogP contribution in [-0.4, -0.2) is 28.7 Å². The van der Waals surface area contributed by atoms with Crippen molar-refractivity contribution >= 4 is 40.4 Å². The first kappa shape index (κ1) is 19.8. The minimum absolute atomic E-state index is 0.101. The number of amides is 1. The van der Waals surface area contributed by atoms with Crippen LogP contribution in [0.5, 0.6) is 5.75 Å². The van der Waals surface area contributed by atoms with Gasteiger partial charge in [0.25, 0.3) is 5.69 Å². The Morgan fingerprint density at radius 3 is 2.71 bits per heavy atom. The van der Waals surface area contributed by atoms with Gasteiger partial charge in [-0.2, -0.15) is 0 Å². The van der Waals surface area contributed by atoms with Crippen molar-refractivity contribution in [2.75, 3.05) is 18.2 Å². The summed E-state index contributed by atoms with van der Waals surface area (Å²) in [7, 11) is 1.42. The summed E-state index contributed by atoms with van der Waals surface area (Å²) in [6, 6.07) is 12.4. The van der Waals surface area contributed by atoms with Crippen LogP contribution in [0.1, 0.15) is 5.56 Å². The second kappa shape index (κ2) is 8.85. The fourth-order valence-corrected chi connectivity index (χ4v) is 4.02. The van der Waals surface area contributed by atoms with Crippen molar-refractivity contribution in [1.29, 1.82) is 0 Å². The maximum Gasteiger partial charge on any atom is 0.296 e. The first-order valence-electron chi connectivity index (χ1n) is 8.24. The van der Waals surface area contributed by atoms with Crippen molar-refractivity contribution in [3.8, 4) is 17.0 Å². The zero-order chi connectivity index (χ0) is 20.1. The van der Waals surface area contributed by atoms with Crippen LogP contribution in [0.2, 0.25) is 0 Å². The molecule has 3 aromatic rings. The molecule has 0 saturated heterocycles. The number of aromatic nitrogens is 1. The van der Waals surface area contributed by atoms with E-state index in [-0.39, 0.29) is 23.0 Å². The molecule has 1 aromatic heterocycles. The van der Waals surface area contributed by atoms with E-state index >= 15 is 0 Å². The summed E-state index contributed by atoms with van der Waals surface area (Å²) in [6.45, 7) is 2.03. The lowest BCUT2D eigenvalue weighted by molar-refractivity contribution is -0.384. The molecule has 0 atom stereocenters. The van der Waals surface area contributed by atoms with E-state index in [1.165, 1.54) is 47.9 Å². The van der Waals surface area contributed by atoms with E-state index in [0.29, 0.717) is 5.75 Å². The molecular weight excluding hydrogens is 398 g/mol. The van der Waals surface area contributed by atoms with Crippen LogP contribution in [0.3, 0.4) is 0 Å². The second-order valence-electron chi connectivity index (χ2n) is 5.84. The Kier molecular flexibility index (Phi) is 6.27. The van der Waals surface area contributed by atoms with Crippen LogP contribution in [0.4, 0.5) is 11.4 Å². The molecule has 0 bridgehead atoms. The van der Waals surface area contributed by atoms with Gasteiger partial charge in [-0.25, -0.2) is 4.98 Å². The van der Waals surface area contributed by atoms with Gasteiger partial charge in [-0.1, -0.05) is 41.6 Å². The number of thiazole rings is 1. The van der Waals surface area contributed by atoms with Gasteiger partial charge in [-0.3, -0.25) is 14.9 Å². The lowest BCUT2D eigenvalue weighted by Gasteiger charge is -2.07. The molecule has 0 radical (unpaired) electrons. The summed E-state index contributed by atoms with van der Waals surface area (Å²) in [4.78, 5) is 27.4. The Morgan fingerprint density at radius 2 is 2.04 bits per heavy atom. The maximum atomic E-state index is 12.2. The number of rotatable bonds is 7. The minimum atomic E-state index is -0.556. The number of methoxy groups -OCH3 is 1. The molecule has 0 aliphatic heterocycles. The number of hydrogen-bond donors (Lipinski definition) is 1. The summed E-state index contributed by atoms with van der Waals surface area (Å²) in [6.07, 6.45) is 0. The predicted molar refractivity (Wildman–Crippen MR) is 111 cm³/mol. The van der Waals surface area contributed by atoms with Crippen LogP contribution in [0, 0.1) is 17.0 Å². The third-order valence-electron chi connectivity index (χ3n) is 3.83. The lowest BCUT2D eigenvalue weighted by atomic mass is 10.1. The molecule has 144 valence electrons. The molecule has 0 unspecified atom stereocenters. The van der Waals surface area contributed by atoms with Gasteiger partial charge in [0.15, 0.2) is 4.34 Å². The molecule has 9 heteroatoms. The van der Waals surface area contributed by atoms with Gasteiger partial charge >= 0.3 is 0 Å². The predicted octanol–water partition coefficient (Wildman–Crippen LogP) is 4.77. The zero-order valence-corrected chi connectivity index (χ0v) is 16.8. The highest BCUT2D eigenvalue weighted by atomic mass is 32.2. The third kappa shape index (κ3) is 4.87. The lowest BCUT2D eigenvalue weighted by Crippen LogP contribution is -2.15. The number of thioether (sulfide) groups is 1. The fourth-order valence-electron chi connectivity index (χ4n) is 2.39. The molecule has 0 aliphatic carbocycles. The van der Waals surface area contributed by atoms with Crippen LogP contribution in [-0.2, 0) is 4.79 Å². The Labute approximate surface area is 169 Å². The molecular formula is C19H17N3O4S2. The first-order valence-corrected chi connectivity index (χ1v) is 10.1. The summed E-state index contributed by atoms with van der Waals surface area (Å²) in [5.41, 5.74) is 2.98. The van der Waals surface area contributed by atoms with Crippen molar-refractivity contribution < 1.29 is 14.5 Å². The topological polar surface area (TPSA) is 94.4 Å². The summed E-state index contributed by atoms with van der Waals surface area (Å²) in [5.74, 6) is 0.111. The van der Waals surface area contributed by atoms with Gasteiger partial charge in [-0.05, 0) is 19.1 Å². The van der Waals surface area contributed by atoms with E-state index in [9.17, 15) is 14.9 Å². The Bertz CT molecular complexity index is 1000. The molecule has 28 heavy (non-hydrogen) atoms. The number of nitrogens with one attached hydrogen (secondary N) is 1. The molecule has 1 heterocycles. The highest BCUT2D eigenvalue weighted by Gasteiger charge is 2.17. The Hall–Kier alpha value is -2.91. The summed E-state index contributed by atoms with van der Waals surface area (Å²) < 4.78 is 5.75. The van der Waals surface area contributed by atoms with E-state index in [4.69, 9.17) is 4.74 Å². The van der Waals surface area contributed by atoms with E-state index in [1.807, 2.05) is 36.6 Å². The number of benzene rings is 2. The molecule has 2 aromatic carbocycles. The third-order valence-corrected chi connectivity index (χ3v) is 5.85. The molecule has 3 rings (SSSR count). The number of carbonyl (C=O) groups excluding carboxylic acids is 1. The van der Waals surface area contributed by atoms with Crippen molar-refractivity contribution in [2.24, 2.45) is 0 Å². The molecule has 0 aliphatic rings. The number of carbonyl (C=O) groups is 1.